The van der Waals surface area contributed by atoms with E-state index >= 15 is 0 Å². The summed E-state index contributed by atoms with van der Waals surface area (Å²) < 4.78 is 0. The quantitative estimate of drug-likeness (QED) is 0.508. The van der Waals surface area contributed by atoms with Crippen LogP contribution in [0.5, 0.6) is 0 Å². The summed E-state index contributed by atoms with van der Waals surface area (Å²) in [4.78, 5) is 0. The molecule has 0 aliphatic heterocycles. The van der Waals surface area contributed by atoms with E-state index in [0.717, 1.165) is 42.7 Å². The van der Waals surface area contributed by atoms with Crippen LogP contribution in [0, 0.1) is 36.0 Å². The monoisotopic (exact) mass is 175 g/mol. The van der Waals surface area contributed by atoms with Gasteiger partial charge >= 0.3 is 0 Å². The lowest BCUT2D eigenvalue weighted by atomic mass is 10.0. The summed E-state index contributed by atoms with van der Waals surface area (Å²) in [6, 6.07) is 0.861. The Morgan fingerprint density at radius 3 is 2.54 bits per heavy atom. The van der Waals surface area contributed by atoms with Crippen LogP contribution in [0.1, 0.15) is 25.7 Å². The molecule has 3 aliphatic rings. The first-order valence-electron chi connectivity index (χ1n) is 5.58. The van der Waals surface area contributed by atoms with Gasteiger partial charge in [0.1, 0.15) is 0 Å². The van der Waals surface area contributed by atoms with Gasteiger partial charge in [0.15, 0.2) is 0 Å². The summed E-state index contributed by atoms with van der Waals surface area (Å²) in [5, 5.41) is 3.62. The second kappa shape index (κ2) is 2.75. The van der Waals surface area contributed by atoms with Crippen molar-refractivity contribution in [1.82, 2.24) is 5.32 Å². The Kier molecular flexibility index (Phi) is 1.67. The smallest absolute Gasteiger partial charge is 0.0212 e. The number of fused-ring (bicyclic) bond motifs is 5. The SMILES string of the molecule is C#CCCNC1C2C3CCC(C3)C12. The number of hydrogen-bond donors (Lipinski definition) is 1. The first-order valence-corrected chi connectivity index (χ1v) is 5.58. The maximum Gasteiger partial charge on any atom is 0.0212 e. The Balaban J connectivity index is 1.53. The van der Waals surface area contributed by atoms with Crippen molar-refractivity contribution in [3.63, 3.8) is 0 Å². The van der Waals surface area contributed by atoms with E-state index in [1.54, 1.807) is 6.42 Å². The van der Waals surface area contributed by atoms with Gasteiger partial charge in [-0.1, -0.05) is 0 Å². The van der Waals surface area contributed by atoms with Crippen LogP contribution in [0.25, 0.3) is 0 Å². The van der Waals surface area contributed by atoms with Crippen molar-refractivity contribution in [3.8, 4) is 12.3 Å². The Hall–Kier alpha value is -0.480. The molecule has 0 aromatic rings. The molecule has 13 heavy (non-hydrogen) atoms. The zero-order valence-corrected chi connectivity index (χ0v) is 8.00. The lowest BCUT2D eigenvalue weighted by Crippen LogP contribution is -2.23. The predicted octanol–water partition coefficient (Wildman–Crippen LogP) is 1.64. The highest BCUT2D eigenvalue weighted by Gasteiger charge is 2.64. The van der Waals surface area contributed by atoms with E-state index in [4.69, 9.17) is 6.42 Å². The summed E-state index contributed by atoms with van der Waals surface area (Å²) in [5.74, 6) is 6.96. The molecule has 3 saturated carbocycles. The summed E-state index contributed by atoms with van der Waals surface area (Å²) >= 11 is 0. The van der Waals surface area contributed by atoms with E-state index in [9.17, 15) is 0 Å². The fourth-order valence-corrected chi connectivity index (χ4v) is 3.91. The minimum absolute atomic E-state index is 0.861. The molecule has 0 saturated heterocycles. The highest BCUT2D eigenvalue weighted by atomic mass is 15.0. The molecular weight excluding hydrogens is 158 g/mol. The molecule has 3 rings (SSSR count). The molecule has 0 aromatic heterocycles. The Morgan fingerprint density at radius 2 is 1.92 bits per heavy atom. The van der Waals surface area contributed by atoms with Crippen molar-refractivity contribution in [2.24, 2.45) is 23.7 Å². The summed E-state index contributed by atoms with van der Waals surface area (Å²) in [6.07, 6.45) is 10.7. The molecule has 4 atom stereocenters. The minimum Gasteiger partial charge on any atom is -0.312 e. The van der Waals surface area contributed by atoms with E-state index in [1.807, 2.05) is 0 Å². The maximum atomic E-state index is 5.23. The molecule has 3 fully saturated rings. The normalized spacial score (nSPS) is 50.2. The van der Waals surface area contributed by atoms with Gasteiger partial charge in [-0.05, 0) is 42.9 Å². The second-order valence-electron chi connectivity index (χ2n) is 4.92. The topological polar surface area (TPSA) is 12.0 Å². The fraction of sp³-hybridized carbons (Fsp3) is 0.833. The first-order chi connectivity index (χ1) is 6.42. The molecule has 1 nitrogen and oxygen atoms in total. The summed E-state index contributed by atoms with van der Waals surface area (Å²) in [5.41, 5.74) is 0. The Labute approximate surface area is 80.3 Å². The van der Waals surface area contributed by atoms with Crippen LogP contribution in [0.4, 0.5) is 0 Å². The van der Waals surface area contributed by atoms with E-state index < -0.39 is 0 Å². The second-order valence-corrected chi connectivity index (χ2v) is 4.92. The van der Waals surface area contributed by atoms with Gasteiger partial charge in [-0.3, -0.25) is 0 Å². The summed E-state index contributed by atoms with van der Waals surface area (Å²) in [7, 11) is 0. The lowest BCUT2D eigenvalue weighted by molar-refractivity contribution is 0.456. The van der Waals surface area contributed by atoms with Crippen molar-refractivity contribution < 1.29 is 0 Å². The molecule has 1 heteroatoms. The van der Waals surface area contributed by atoms with Crippen molar-refractivity contribution in [1.29, 1.82) is 0 Å². The highest BCUT2D eigenvalue weighted by Crippen LogP contribution is 2.65. The van der Waals surface area contributed by atoms with Gasteiger partial charge in [0.25, 0.3) is 0 Å². The number of rotatable bonds is 3. The van der Waals surface area contributed by atoms with Crippen LogP contribution in [-0.4, -0.2) is 12.6 Å². The lowest BCUT2D eigenvalue weighted by Gasteiger charge is -2.08. The van der Waals surface area contributed by atoms with Crippen molar-refractivity contribution in [2.75, 3.05) is 6.54 Å². The van der Waals surface area contributed by atoms with Crippen LogP contribution in [0.3, 0.4) is 0 Å². The number of hydrogen-bond acceptors (Lipinski definition) is 1. The number of nitrogens with one attached hydrogen (secondary N) is 1. The van der Waals surface area contributed by atoms with Gasteiger partial charge in [-0.2, -0.15) is 0 Å². The van der Waals surface area contributed by atoms with E-state index in [-0.39, 0.29) is 0 Å². The molecule has 1 N–H and O–H groups in total. The van der Waals surface area contributed by atoms with E-state index in [1.165, 1.54) is 12.8 Å². The molecule has 0 amide bonds. The third-order valence-electron chi connectivity index (χ3n) is 4.38. The molecular formula is C12H17N. The first kappa shape index (κ1) is 7.88. The largest absolute Gasteiger partial charge is 0.312 e. The predicted molar refractivity (Wildman–Crippen MR) is 53.1 cm³/mol. The molecule has 0 radical (unpaired) electrons. The fourth-order valence-electron chi connectivity index (χ4n) is 3.91. The third-order valence-corrected chi connectivity index (χ3v) is 4.38. The van der Waals surface area contributed by atoms with Crippen LogP contribution in [0.15, 0.2) is 0 Å². The van der Waals surface area contributed by atoms with Crippen LogP contribution < -0.4 is 5.32 Å². The van der Waals surface area contributed by atoms with Crippen molar-refractivity contribution in [3.05, 3.63) is 0 Å². The van der Waals surface area contributed by atoms with Gasteiger partial charge in [-0.25, -0.2) is 0 Å². The zero-order chi connectivity index (χ0) is 8.84. The van der Waals surface area contributed by atoms with E-state index in [0.29, 0.717) is 0 Å². The van der Waals surface area contributed by atoms with Gasteiger partial charge in [0, 0.05) is 19.0 Å². The molecule has 0 heterocycles. The number of terminal acetylenes is 1. The van der Waals surface area contributed by atoms with Crippen molar-refractivity contribution in [2.45, 2.75) is 31.7 Å². The molecule has 0 aromatic carbocycles. The van der Waals surface area contributed by atoms with Crippen LogP contribution in [-0.2, 0) is 0 Å². The molecule has 4 unspecified atom stereocenters. The average Bonchev–Trinajstić information content (AvgIpc) is 2.58. The van der Waals surface area contributed by atoms with Gasteiger partial charge in [0.2, 0.25) is 0 Å². The zero-order valence-electron chi connectivity index (χ0n) is 8.00. The van der Waals surface area contributed by atoms with Crippen LogP contribution >= 0.6 is 0 Å². The van der Waals surface area contributed by atoms with Gasteiger partial charge < -0.3 is 5.32 Å². The van der Waals surface area contributed by atoms with Crippen LogP contribution in [0.2, 0.25) is 0 Å². The molecule has 3 aliphatic carbocycles. The molecule has 70 valence electrons. The Bertz CT molecular complexity index is 236. The highest BCUT2D eigenvalue weighted by molar-refractivity contribution is 5.16. The van der Waals surface area contributed by atoms with Gasteiger partial charge in [-0.15, -0.1) is 12.3 Å². The molecule has 2 bridgehead atoms. The standard InChI is InChI=1S/C12H17N/c1-2-3-6-13-12-10-8-4-5-9(7-8)11(10)12/h1,8-13H,3-7H2. The summed E-state index contributed by atoms with van der Waals surface area (Å²) in [6.45, 7) is 1.04. The maximum absolute atomic E-state index is 5.23. The third kappa shape index (κ3) is 1.05. The average molecular weight is 175 g/mol. The van der Waals surface area contributed by atoms with E-state index in [2.05, 4.69) is 11.2 Å². The van der Waals surface area contributed by atoms with Crippen molar-refractivity contribution >= 4 is 0 Å². The van der Waals surface area contributed by atoms with Gasteiger partial charge in [0.05, 0.1) is 0 Å². The minimum atomic E-state index is 0.861. The molecule has 0 spiro atoms. The Morgan fingerprint density at radius 1 is 1.23 bits per heavy atom.